The fourth-order valence-corrected chi connectivity index (χ4v) is 3.61. The first kappa shape index (κ1) is 30.4. The summed E-state index contributed by atoms with van der Waals surface area (Å²) in [5, 5.41) is 15.3. The van der Waals surface area contributed by atoms with Crippen molar-refractivity contribution < 1.29 is 24.2 Å². The molecule has 0 spiro atoms. The molecule has 0 radical (unpaired) electrons. The van der Waals surface area contributed by atoms with Crippen LogP contribution in [0.4, 0.5) is 0 Å². The Bertz CT molecular complexity index is 499. The van der Waals surface area contributed by atoms with Gasteiger partial charge in [0.2, 0.25) is 11.8 Å². The third-order valence-corrected chi connectivity index (χ3v) is 5.75. The van der Waals surface area contributed by atoms with Crippen molar-refractivity contribution in [2.75, 3.05) is 13.7 Å². The molecular formula is C25H48N2O5. The predicted octanol–water partition coefficient (Wildman–Crippen LogP) is 4.40. The molecule has 0 aliphatic carbocycles. The van der Waals surface area contributed by atoms with E-state index in [9.17, 15) is 19.5 Å². The molecule has 0 rings (SSSR count). The van der Waals surface area contributed by atoms with E-state index in [-0.39, 0.29) is 6.54 Å². The highest BCUT2D eigenvalue weighted by Crippen LogP contribution is 2.13. The highest BCUT2D eigenvalue weighted by atomic mass is 16.5. The minimum Gasteiger partial charge on any atom is -0.468 e. The zero-order valence-electron chi connectivity index (χ0n) is 20.8. The number of unbranched alkanes of at least 4 members (excludes halogenated alkanes) is 12. The van der Waals surface area contributed by atoms with Crippen molar-refractivity contribution >= 4 is 17.8 Å². The summed E-state index contributed by atoms with van der Waals surface area (Å²) < 4.78 is 4.51. The van der Waals surface area contributed by atoms with Gasteiger partial charge in [-0.25, -0.2) is 0 Å². The predicted molar refractivity (Wildman–Crippen MR) is 128 cm³/mol. The summed E-state index contributed by atoms with van der Waals surface area (Å²) in [6.45, 7) is 3.99. The van der Waals surface area contributed by atoms with Crippen molar-refractivity contribution in [2.24, 2.45) is 0 Å². The Morgan fingerprint density at radius 3 is 1.72 bits per heavy atom. The van der Waals surface area contributed by atoms with Crippen LogP contribution in [-0.2, 0) is 19.1 Å². The molecule has 0 fully saturated rings. The Kier molecular flexibility index (Phi) is 20.1. The molecule has 1 unspecified atom stereocenters. The van der Waals surface area contributed by atoms with E-state index in [0.717, 1.165) is 32.1 Å². The Labute approximate surface area is 195 Å². The summed E-state index contributed by atoms with van der Waals surface area (Å²) in [5.74, 6) is -1.51. The second kappa shape index (κ2) is 21.2. The van der Waals surface area contributed by atoms with Crippen molar-refractivity contribution in [3.8, 4) is 0 Å². The van der Waals surface area contributed by atoms with Gasteiger partial charge in [0.1, 0.15) is 18.7 Å². The molecule has 0 aromatic rings. The average molecular weight is 457 g/mol. The molecule has 32 heavy (non-hydrogen) atoms. The minimum absolute atomic E-state index is 0.241. The van der Waals surface area contributed by atoms with E-state index >= 15 is 0 Å². The van der Waals surface area contributed by atoms with Crippen LogP contribution in [0.1, 0.15) is 117 Å². The van der Waals surface area contributed by atoms with Crippen molar-refractivity contribution in [3.63, 3.8) is 0 Å². The molecule has 0 saturated heterocycles. The van der Waals surface area contributed by atoms with Gasteiger partial charge in [-0.3, -0.25) is 14.4 Å². The largest absolute Gasteiger partial charge is 0.468 e. The van der Waals surface area contributed by atoms with E-state index in [1.54, 1.807) is 0 Å². The van der Waals surface area contributed by atoms with E-state index in [1.807, 2.05) is 6.92 Å². The van der Waals surface area contributed by atoms with Crippen molar-refractivity contribution in [2.45, 2.75) is 129 Å². The molecule has 0 aliphatic rings. The fraction of sp³-hybridized carbons (Fsp3) is 0.880. The second-order valence-corrected chi connectivity index (χ2v) is 8.69. The number of hydrogen-bond acceptors (Lipinski definition) is 5. The van der Waals surface area contributed by atoms with E-state index in [4.69, 9.17) is 0 Å². The van der Waals surface area contributed by atoms with Gasteiger partial charge in [-0.1, -0.05) is 104 Å². The molecule has 7 heteroatoms. The minimum atomic E-state index is -1.12. The molecule has 2 amide bonds. The molecule has 0 aromatic heterocycles. The van der Waals surface area contributed by atoms with Crippen LogP contribution in [0.15, 0.2) is 0 Å². The smallest absolute Gasteiger partial charge is 0.325 e. The Balaban J connectivity index is 3.99. The van der Waals surface area contributed by atoms with Crippen LogP contribution in [0.25, 0.3) is 0 Å². The van der Waals surface area contributed by atoms with Gasteiger partial charge in [0.25, 0.3) is 0 Å². The van der Waals surface area contributed by atoms with Crippen LogP contribution in [0.5, 0.6) is 0 Å². The number of methoxy groups -OCH3 is 1. The summed E-state index contributed by atoms with van der Waals surface area (Å²) in [4.78, 5) is 35.8. The van der Waals surface area contributed by atoms with Gasteiger partial charge in [0, 0.05) is 0 Å². The molecule has 3 N–H and O–H groups in total. The lowest BCUT2D eigenvalue weighted by Crippen LogP contribution is -2.50. The number of carbonyl (C=O) groups excluding carboxylic acids is 3. The highest BCUT2D eigenvalue weighted by molar-refractivity contribution is 5.90. The summed E-state index contributed by atoms with van der Waals surface area (Å²) >= 11 is 0. The number of aliphatic hydroxyl groups is 1. The second-order valence-electron chi connectivity index (χ2n) is 8.69. The van der Waals surface area contributed by atoms with Crippen LogP contribution in [0, 0.1) is 0 Å². The molecule has 0 heterocycles. The molecule has 0 saturated carbocycles. The van der Waals surface area contributed by atoms with Crippen molar-refractivity contribution in [3.05, 3.63) is 0 Å². The molecule has 0 aromatic carbocycles. The number of esters is 1. The average Bonchev–Trinajstić information content (AvgIpc) is 2.80. The number of carbonyl (C=O) groups is 3. The number of aliphatic hydroxyl groups excluding tert-OH is 1. The number of hydrogen-bond donors (Lipinski definition) is 3. The lowest BCUT2D eigenvalue weighted by Gasteiger charge is -2.20. The Morgan fingerprint density at radius 1 is 0.719 bits per heavy atom. The third kappa shape index (κ3) is 17.0. The molecule has 0 bridgehead atoms. The number of ether oxygens (including phenoxy) is 1. The maximum atomic E-state index is 12.3. The van der Waals surface area contributed by atoms with Gasteiger partial charge in [0.15, 0.2) is 0 Å². The van der Waals surface area contributed by atoms with Gasteiger partial charge in [-0.05, 0) is 12.8 Å². The quantitative estimate of drug-likeness (QED) is 0.175. The molecule has 0 aliphatic heterocycles. The summed E-state index contributed by atoms with van der Waals surface area (Å²) in [7, 11) is 1.25. The van der Waals surface area contributed by atoms with Gasteiger partial charge >= 0.3 is 5.97 Å². The van der Waals surface area contributed by atoms with E-state index in [2.05, 4.69) is 22.3 Å². The first-order chi connectivity index (χ1) is 15.5. The van der Waals surface area contributed by atoms with Crippen LogP contribution in [-0.4, -0.2) is 48.7 Å². The highest BCUT2D eigenvalue weighted by Gasteiger charge is 2.24. The first-order valence-corrected chi connectivity index (χ1v) is 12.8. The van der Waals surface area contributed by atoms with E-state index in [0.29, 0.717) is 12.8 Å². The third-order valence-electron chi connectivity index (χ3n) is 5.75. The molecule has 188 valence electrons. The number of nitrogens with one attached hydrogen (secondary N) is 2. The Morgan fingerprint density at radius 2 is 1.22 bits per heavy atom. The maximum absolute atomic E-state index is 12.3. The van der Waals surface area contributed by atoms with Gasteiger partial charge in [-0.2, -0.15) is 0 Å². The van der Waals surface area contributed by atoms with Crippen molar-refractivity contribution in [1.29, 1.82) is 0 Å². The lowest BCUT2D eigenvalue weighted by molar-refractivity contribution is -0.141. The standard InChI is InChI=1S/C25H48N2O5/c1-4-6-8-9-10-11-12-13-14-15-16-17-19-22(28)25(31)27-21(18-7-5-2)24(30)26-20-23(29)32-3/h21-22,28H,4-20H2,1-3H3,(H,26,30)(H,27,31)/t21-,22?/m0/s1. The van der Waals surface area contributed by atoms with Gasteiger partial charge < -0.3 is 20.5 Å². The van der Waals surface area contributed by atoms with Crippen molar-refractivity contribution in [1.82, 2.24) is 10.6 Å². The monoisotopic (exact) mass is 456 g/mol. The van der Waals surface area contributed by atoms with Crippen LogP contribution >= 0.6 is 0 Å². The SMILES string of the molecule is CCCCCCCCCCCCCCC(O)C(=O)N[C@@H](CCCC)C(=O)NCC(=O)OC. The topological polar surface area (TPSA) is 105 Å². The van der Waals surface area contributed by atoms with Gasteiger partial charge in [0.05, 0.1) is 7.11 Å². The molecule has 7 nitrogen and oxygen atoms in total. The summed E-state index contributed by atoms with van der Waals surface area (Å²) in [5.41, 5.74) is 0. The fourth-order valence-electron chi connectivity index (χ4n) is 3.61. The van der Waals surface area contributed by atoms with E-state index in [1.165, 1.54) is 64.9 Å². The van der Waals surface area contributed by atoms with Crippen LogP contribution in [0.2, 0.25) is 0 Å². The lowest BCUT2D eigenvalue weighted by atomic mass is 10.0. The summed E-state index contributed by atoms with van der Waals surface area (Å²) in [6.07, 6.45) is 16.1. The molecule has 2 atom stereocenters. The maximum Gasteiger partial charge on any atom is 0.325 e. The Hall–Kier alpha value is -1.63. The van der Waals surface area contributed by atoms with E-state index < -0.39 is 29.9 Å². The first-order valence-electron chi connectivity index (χ1n) is 12.8. The normalized spacial score (nSPS) is 12.8. The zero-order chi connectivity index (χ0) is 24.0. The zero-order valence-corrected chi connectivity index (χ0v) is 20.8. The number of rotatable bonds is 21. The van der Waals surface area contributed by atoms with Gasteiger partial charge in [-0.15, -0.1) is 0 Å². The number of amides is 2. The summed E-state index contributed by atoms with van der Waals surface area (Å²) in [6, 6.07) is -0.760. The van der Waals surface area contributed by atoms with Crippen LogP contribution in [0.3, 0.4) is 0 Å². The van der Waals surface area contributed by atoms with Crippen LogP contribution < -0.4 is 10.6 Å². The molecular weight excluding hydrogens is 408 g/mol.